The van der Waals surface area contributed by atoms with E-state index in [4.69, 9.17) is 9.57 Å². The van der Waals surface area contributed by atoms with E-state index in [-0.39, 0.29) is 6.10 Å². The van der Waals surface area contributed by atoms with Crippen molar-refractivity contribution in [2.45, 2.75) is 64.1 Å². The summed E-state index contributed by atoms with van der Waals surface area (Å²) in [5.74, 6) is 1.24. The van der Waals surface area contributed by atoms with Crippen molar-refractivity contribution in [1.82, 2.24) is 10.2 Å². The molecule has 0 aromatic rings. The average molecular weight is 295 g/mol. The van der Waals surface area contributed by atoms with Gasteiger partial charge in [0.05, 0.1) is 0 Å². The van der Waals surface area contributed by atoms with E-state index in [0.29, 0.717) is 24.6 Å². The third-order valence-electron chi connectivity index (χ3n) is 4.81. The predicted octanol–water partition coefficient (Wildman–Crippen LogP) is 1.98. The molecule has 0 aromatic carbocycles. The van der Waals surface area contributed by atoms with Crippen LogP contribution in [0.15, 0.2) is 5.16 Å². The Bertz CT molecular complexity index is 359. The van der Waals surface area contributed by atoms with Gasteiger partial charge in [-0.1, -0.05) is 11.6 Å². The molecular weight excluding hydrogens is 266 g/mol. The van der Waals surface area contributed by atoms with Gasteiger partial charge >= 0.3 is 0 Å². The third kappa shape index (κ3) is 4.10. The Morgan fingerprint density at radius 1 is 1.14 bits per heavy atom. The average Bonchev–Trinajstić information content (AvgIpc) is 2.47. The summed E-state index contributed by atoms with van der Waals surface area (Å²) in [6.45, 7) is 8.45. The number of hydrogen-bond donors (Lipinski definition) is 1. The Hall–Kier alpha value is -0.810. The van der Waals surface area contributed by atoms with Crippen molar-refractivity contribution in [1.29, 1.82) is 0 Å². The zero-order chi connectivity index (χ0) is 14.7. The van der Waals surface area contributed by atoms with Crippen LogP contribution in [0.1, 0.15) is 46.0 Å². The molecule has 3 aliphatic rings. The van der Waals surface area contributed by atoms with Gasteiger partial charge in [-0.3, -0.25) is 4.90 Å². The lowest BCUT2D eigenvalue weighted by Gasteiger charge is -2.36. The standard InChI is InChI=1S/C16H29N3O2/c1-12-8-14(9-13(2)17-12)16-18-20-11-15(21-16)10-19-6-4-3-5-7-19/h12-15,17H,3-11H2,1-2H3/t12-,13+,14?,15?. The van der Waals surface area contributed by atoms with Crippen LogP contribution in [0.5, 0.6) is 0 Å². The fraction of sp³-hybridized carbons (Fsp3) is 0.938. The van der Waals surface area contributed by atoms with Crippen LogP contribution in [0.4, 0.5) is 0 Å². The van der Waals surface area contributed by atoms with Crippen LogP contribution in [-0.4, -0.2) is 55.2 Å². The van der Waals surface area contributed by atoms with Crippen LogP contribution in [0, 0.1) is 5.92 Å². The third-order valence-corrected chi connectivity index (χ3v) is 4.81. The van der Waals surface area contributed by atoms with Crippen molar-refractivity contribution in [2.75, 3.05) is 26.2 Å². The zero-order valence-electron chi connectivity index (χ0n) is 13.4. The van der Waals surface area contributed by atoms with Gasteiger partial charge in [0.1, 0.15) is 6.10 Å². The van der Waals surface area contributed by atoms with Crippen LogP contribution in [0.25, 0.3) is 0 Å². The highest BCUT2D eigenvalue weighted by Crippen LogP contribution is 2.25. The van der Waals surface area contributed by atoms with E-state index in [1.807, 2.05) is 0 Å². The maximum Gasteiger partial charge on any atom is 0.229 e. The summed E-state index contributed by atoms with van der Waals surface area (Å²) in [5.41, 5.74) is 0. The Balaban J connectivity index is 1.53. The highest BCUT2D eigenvalue weighted by molar-refractivity contribution is 5.79. The van der Waals surface area contributed by atoms with Gasteiger partial charge < -0.3 is 14.9 Å². The molecule has 1 N–H and O–H groups in total. The number of likely N-dealkylation sites (tertiary alicyclic amines) is 1. The molecule has 2 saturated heterocycles. The summed E-state index contributed by atoms with van der Waals surface area (Å²) in [5, 5.41) is 7.78. The molecule has 3 rings (SSSR count). The number of hydrogen-bond acceptors (Lipinski definition) is 5. The highest BCUT2D eigenvalue weighted by atomic mass is 16.7. The number of nitrogens with zero attached hydrogens (tertiary/aromatic N) is 2. The van der Waals surface area contributed by atoms with Crippen molar-refractivity contribution in [2.24, 2.45) is 11.1 Å². The summed E-state index contributed by atoms with van der Waals surface area (Å²) in [6.07, 6.45) is 6.33. The fourth-order valence-corrected chi connectivity index (χ4v) is 3.87. The second-order valence-corrected chi connectivity index (χ2v) is 6.96. The molecule has 0 radical (unpaired) electrons. The first kappa shape index (κ1) is 15.1. The Morgan fingerprint density at radius 2 is 1.86 bits per heavy atom. The number of ether oxygens (including phenoxy) is 1. The number of rotatable bonds is 3. The molecule has 0 aliphatic carbocycles. The lowest BCUT2D eigenvalue weighted by atomic mass is 9.89. The minimum atomic E-state index is 0.149. The maximum absolute atomic E-state index is 6.18. The van der Waals surface area contributed by atoms with Crippen molar-refractivity contribution in [3.63, 3.8) is 0 Å². The first-order chi connectivity index (χ1) is 10.2. The van der Waals surface area contributed by atoms with Crippen LogP contribution >= 0.6 is 0 Å². The minimum absolute atomic E-state index is 0.149. The lowest BCUT2D eigenvalue weighted by molar-refractivity contribution is -0.0173. The largest absolute Gasteiger partial charge is 0.470 e. The molecule has 21 heavy (non-hydrogen) atoms. The molecule has 5 heteroatoms. The molecule has 0 amide bonds. The molecule has 0 bridgehead atoms. The van der Waals surface area contributed by atoms with E-state index >= 15 is 0 Å². The molecule has 0 aromatic heterocycles. The van der Waals surface area contributed by atoms with E-state index in [0.717, 1.165) is 25.3 Å². The van der Waals surface area contributed by atoms with Crippen LogP contribution in [0.2, 0.25) is 0 Å². The van der Waals surface area contributed by atoms with E-state index in [1.54, 1.807) is 0 Å². The summed E-state index contributed by atoms with van der Waals surface area (Å²) < 4.78 is 6.18. The lowest BCUT2D eigenvalue weighted by Crippen LogP contribution is -2.47. The van der Waals surface area contributed by atoms with Crippen LogP contribution in [0.3, 0.4) is 0 Å². The molecule has 2 unspecified atom stereocenters. The highest BCUT2D eigenvalue weighted by Gasteiger charge is 2.32. The number of nitrogens with one attached hydrogen (secondary N) is 1. The molecule has 4 atom stereocenters. The van der Waals surface area contributed by atoms with Crippen molar-refractivity contribution >= 4 is 5.90 Å². The predicted molar refractivity (Wildman–Crippen MR) is 83.3 cm³/mol. The van der Waals surface area contributed by atoms with Gasteiger partial charge in [0.25, 0.3) is 0 Å². The second kappa shape index (κ2) is 6.97. The molecule has 2 fully saturated rings. The van der Waals surface area contributed by atoms with Gasteiger partial charge in [-0.05, 0) is 52.6 Å². The zero-order valence-corrected chi connectivity index (χ0v) is 13.4. The number of piperidine rings is 2. The van der Waals surface area contributed by atoms with Gasteiger partial charge in [-0.25, -0.2) is 0 Å². The molecule has 3 aliphatic heterocycles. The molecule has 3 heterocycles. The van der Waals surface area contributed by atoms with Gasteiger partial charge in [-0.2, -0.15) is 0 Å². The summed E-state index contributed by atoms with van der Waals surface area (Å²) >= 11 is 0. The summed E-state index contributed by atoms with van der Waals surface area (Å²) in [7, 11) is 0. The SMILES string of the molecule is C[C@@H]1CC(C2=NOCC(CN3CCCCC3)O2)C[C@H](C)N1. The van der Waals surface area contributed by atoms with Crippen LogP contribution < -0.4 is 5.32 Å². The smallest absolute Gasteiger partial charge is 0.229 e. The van der Waals surface area contributed by atoms with Gasteiger partial charge in [0.15, 0.2) is 6.61 Å². The molecule has 120 valence electrons. The van der Waals surface area contributed by atoms with Gasteiger partial charge in [0.2, 0.25) is 5.90 Å². The van der Waals surface area contributed by atoms with Gasteiger partial charge in [0, 0.05) is 24.5 Å². The van der Waals surface area contributed by atoms with Crippen molar-refractivity contribution in [3.8, 4) is 0 Å². The van der Waals surface area contributed by atoms with Gasteiger partial charge in [-0.15, -0.1) is 0 Å². The first-order valence-corrected chi connectivity index (χ1v) is 8.55. The monoisotopic (exact) mass is 295 g/mol. The quantitative estimate of drug-likeness (QED) is 0.865. The van der Waals surface area contributed by atoms with Crippen molar-refractivity contribution in [3.05, 3.63) is 0 Å². The molecule has 0 saturated carbocycles. The molecule has 0 spiro atoms. The van der Waals surface area contributed by atoms with E-state index in [1.165, 1.54) is 32.4 Å². The topological polar surface area (TPSA) is 46.1 Å². The first-order valence-electron chi connectivity index (χ1n) is 8.55. The number of oxime groups is 1. The second-order valence-electron chi connectivity index (χ2n) is 6.96. The molecular formula is C16H29N3O2. The fourth-order valence-electron chi connectivity index (χ4n) is 3.87. The molecule has 5 nitrogen and oxygen atoms in total. The van der Waals surface area contributed by atoms with E-state index in [9.17, 15) is 0 Å². The Labute approximate surface area is 128 Å². The summed E-state index contributed by atoms with van der Waals surface area (Å²) in [4.78, 5) is 7.98. The minimum Gasteiger partial charge on any atom is -0.470 e. The van der Waals surface area contributed by atoms with Crippen LogP contribution in [-0.2, 0) is 9.57 Å². The Morgan fingerprint density at radius 3 is 2.57 bits per heavy atom. The summed E-state index contributed by atoms with van der Waals surface area (Å²) in [6, 6.07) is 1.04. The van der Waals surface area contributed by atoms with Crippen molar-refractivity contribution < 1.29 is 9.57 Å². The Kier molecular flexibility index (Phi) is 5.01. The maximum atomic E-state index is 6.18. The van der Waals surface area contributed by atoms with E-state index < -0.39 is 0 Å². The normalized spacial score (nSPS) is 38.3. The van der Waals surface area contributed by atoms with E-state index in [2.05, 4.69) is 29.2 Å².